The summed E-state index contributed by atoms with van der Waals surface area (Å²) in [5.41, 5.74) is 2.70. The van der Waals surface area contributed by atoms with Crippen molar-refractivity contribution in [3.05, 3.63) is 34.2 Å². The quantitative estimate of drug-likeness (QED) is 0.602. The first kappa shape index (κ1) is 24.9. The molecular formula is C29H37N5O5. The highest BCUT2D eigenvalue weighted by atomic mass is 16.6. The van der Waals surface area contributed by atoms with Crippen molar-refractivity contribution in [1.29, 1.82) is 0 Å². The third-order valence-corrected chi connectivity index (χ3v) is 10.2. The van der Waals surface area contributed by atoms with Gasteiger partial charge in [-0.2, -0.15) is 0 Å². The molecule has 5 atom stereocenters. The fourth-order valence-electron chi connectivity index (χ4n) is 8.62. The number of aryl methyl sites for hydroxylation is 1. The Bertz CT molecular complexity index is 1480. The van der Waals surface area contributed by atoms with Gasteiger partial charge in [0.2, 0.25) is 11.8 Å². The van der Waals surface area contributed by atoms with E-state index < -0.39 is 17.6 Å². The number of hydrogen-bond acceptors (Lipinski definition) is 6. The molecule has 1 aromatic carbocycles. The van der Waals surface area contributed by atoms with Crippen molar-refractivity contribution >= 4 is 28.9 Å². The second-order valence-electron chi connectivity index (χ2n) is 13.4. The van der Waals surface area contributed by atoms with Crippen molar-refractivity contribution in [2.75, 3.05) is 32.7 Å². The van der Waals surface area contributed by atoms with E-state index >= 15 is 0 Å². The lowest BCUT2D eigenvalue weighted by atomic mass is 9.55. The number of carbonyl (C=O) groups is 3. The Morgan fingerprint density at radius 2 is 1.87 bits per heavy atom. The first-order valence-electron chi connectivity index (χ1n) is 14.2. The Morgan fingerprint density at radius 1 is 1.13 bits per heavy atom. The second-order valence-corrected chi connectivity index (χ2v) is 13.4. The molecule has 5 aliphatic rings. The van der Waals surface area contributed by atoms with Crippen LogP contribution in [0.25, 0.3) is 11.0 Å². The van der Waals surface area contributed by atoms with Crippen LogP contribution < -0.4 is 11.0 Å². The van der Waals surface area contributed by atoms with Crippen LogP contribution in [0.15, 0.2) is 23.0 Å². The number of ether oxygens (including phenoxy) is 1. The lowest BCUT2D eigenvalue weighted by Crippen LogP contribution is -2.53. The molecule has 1 aromatic heterocycles. The lowest BCUT2D eigenvalue weighted by Gasteiger charge is -2.50. The van der Waals surface area contributed by atoms with Crippen molar-refractivity contribution in [2.45, 2.75) is 63.5 Å². The average molecular weight is 536 g/mol. The number of nitrogens with zero attached hydrogens (tertiary/aromatic N) is 4. The molecule has 10 nitrogen and oxygen atoms in total. The number of hydrogen-bond donors (Lipinski definition) is 1. The summed E-state index contributed by atoms with van der Waals surface area (Å²) >= 11 is 0. The van der Waals surface area contributed by atoms with Crippen molar-refractivity contribution in [3.8, 4) is 0 Å². The molecular weight excluding hydrogens is 498 g/mol. The van der Waals surface area contributed by atoms with Gasteiger partial charge in [0, 0.05) is 51.6 Å². The highest BCUT2D eigenvalue weighted by molar-refractivity contribution is 6.00. The number of carbonyl (C=O) groups excluding carboxylic acids is 3. The van der Waals surface area contributed by atoms with Crippen molar-refractivity contribution in [2.24, 2.45) is 24.3 Å². The third kappa shape index (κ3) is 3.42. The second kappa shape index (κ2) is 7.96. The summed E-state index contributed by atoms with van der Waals surface area (Å²) in [4.78, 5) is 54.5. The summed E-state index contributed by atoms with van der Waals surface area (Å²) < 4.78 is 8.85. The first-order chi connectivity index (χ1) is 18.4. The molecule has 0 radical (unpaired) electrons. The van der Waals surface area contributed by atoms with Crippen molar-refractivity contribution < 1.29 is 19.1 Å². The van der Waals surface area contributed by atoms with E-state index in [4.69, 9.17) is 4.74 Å². The van der Waals surface area contributed by atoms with E-state index in [1.54, 1.807) is 16.2 Å². The molecule has 0 spiro atoms. The number of nitrogens with one attached hydrogen (secondary N) is 1. The fourth-order valence-corrected chi connectivity index (χ4v) is 8.62. The van der Waals surface area contributed by atoms with Gasteiger partial charge in [-0.1, -0.05) is 12.1 Å². The zero-order valence-corrected chi connectivity index (χ0v) is 23.2. The SMILES string of the molecule is Cn1c(=O)n(C2CCC(=O)NC2=O)c2cccc([C@]34CC5C3[C@]5(CN3CCN(C(=O)OC(C)(C)C)CC3)C4)c21. The first-order valence-corrected chi connectivity index (χ1v) is 14.2. The number of aromatic nitrogens is 2. The predicted octanol–water partition coefficient (Wildman–Crippen LogP) is 2.15. The topological polar surface area (TPSA) is 106 Å². The van der Waals surface area contributed by atoms with Crippen LogP contribution in [0.2, 0.25) is 0 Å². The summed E-state index contributed by atoms with van der Waals surface area (Å²) in [6, 6.07) is 5.45. The number of imidazole rings is 1. The largest absolute Gasteiger partial charge is 0.444 e. The summed E-state index contributed by atoms with van der Waals surface area (Å²) in [7, 11) is 1.80. The lowest BCUT2D eigenvalue weighted by molar-refractivity contribution is -0.135. The van der Waals surface area contributed by atoms with Gasteiger partial charge in [0.05, 0.1) is 11.0 Å². The number of para-hydroxylation sites is 1. The number of piperidine rings is 1. The number of piperazine rings is 1. The molecule has 0 bridgehead atoms. The van der Waals surface area contributed by atoms with Crippen LogP contribution in [0.4, 0.5) is 4.79 Å². The van der Waals surface area contributed by atoms with Crippen LogP contribution in [-0.4, -0.2) is 75.2 Å². The van der Waals surface area contributed by atoms with Gasteiger partial charge in [-0.3, -0.25) is 28.9 Å². The van der Waals surface area contributed by atoms with Crippen molar-refractivity contribution in [1.82, 2.24) is 24.3 Å². The smallest absolute Gasteiger partial charge is 0.410 e. The van der Waals surface area contributed by atoms with Crippen LogP contribution in [0, 0.1) is 17.3 Å². The molecule has 10 heteroatoms. The molecule has 3 amide bonds. The summed E-state index contributed by atoms with van der Waals surface area (Å²) in [5.74, 6) is 0.680. The van der Waals surface area contributed by atoms with E-state index in [9.17, 15) is 19.2 Å². The molecule has 39 heavy (non-hydrogen) atoms. The van der Waals surface area contributed by atoms with E-state index in [0.29, 0.717) is 30.8 Å². The Balaban J connectivity index is 1.08. The van der Waals surface area contributed by atoms with E-state index in [2.05, 4.69) is 16.3 Å². The number of amides is 3. The number of fused-ring (bicyclic) bond motifs is 2. The van der Waals surface area contributed by atoms with Gasteiger partial charge in [-0.25, -0.2) is 9.59 Å². The van der Waals surface area contributed by atoms with Crippen LogP contribution in [0.1, 0.15) is 58.1 Å². The van der Waals surface area contributed by atoms with Crippen LogP contribution in [0.5, 0.6) is 0 Å². The number of rotatable bonds is 4. The summed E-state index contributed by atoms with van der Waals surface area (Å²) in [6.07, 6.45) is 2.62. The maximum Gasteiger partial charge on any atom is 0.410 e. The molecule has 1 N–H and O–H groups in total. The van der Waals surface area contributed by atoms with Gasteiger partial charge < -0.3 is 9.64 Å². The van der Waals surface area contributed by atoms with Crippen LogP contribution in [-0.2, 0) is 26.8 Å². The Labute approximate surface area is 227 Å². The molecule has 208 valence electrons. The summed E-state index contributed by atoms with van der Waals surface area (Å²) in [6.45, 7) is 9.88. The third-order valence-electron chi connectivity index (χ3n) is 10.2. The monoisotopic (exact) mass is 535 g/mol. The molecule has 3 saturated carbocycles. The Hall–Kier alpha value is -3.14. The molecule has 2 aliphatic heterocycles. The molecule has 2 aromatic rings. The normalized spacial score (nSPS) is 33.7. The van der Waals surface area contributed by atoms with Crippen LogP contribution in [0.3, 0.4) is 0 Å². The van der Waals surface area contributed by atoms with Gasteiger partial charge in [0.1, 0.15) is 11.6 Å². The molecule has 7 rings (SSSR count). The predicted molar refractivity (Wildman–Crippen MR) is 143 cm³/mol. The zero-order valence-electron chi connectivity index (χ0n) is 23.2. The van der Waals surface area contributed by atoms with E-state index in [1.165, 1.54) is 5.56 Å². The van der Waals surface area contributed by atoms with Gasteiger partial charge in [0.15, 0.2) is 0 Å². The minimum atomic E-state index is -0.665. The number of imide groups is 1. The van der Waals surface area contributed by atoms with Gasteiger partial charge in [-0.15, -0.1) is 0 Å². The molecule has 3 unspecified atom stereocenters. The maximum atomic E-state index is 13.4. The van der Waals surface area contributed by atoms with E-state index in [1.807, 2.05) is 37.8 Å². The minimum Gasteiger partial charge on any atom is -0.444 e. The molecule has 3 aliphatic carbocycles. The fraction of sp³-hybridized carbons (Fsp3) is 0.655. The van der Waals surface area contributed by atoms with Gasteiger partial charge >= 0.3 is 11.8 Å². The van der Waals surface area contributed by atoms with Crippen molar-refractivity contribution in [3.63, 3.8) is 0 Å². The number of benzene rings is 1. The molecule has 3 heterocycles. The molecule has 5 fully saturated rings. The van der Waals surface area contributed by atoms with Gasteiger partial charge in [-0.05, 0) is 68.9 Å². The van der Waals surface area contributed by atoms with E-state index in [-0.39, 0.29) is 29.5 Å². The molecule has 2 saturated heterocycles. The highest BCUT2D eigenvalue weighted by Crippen LogP contribution is 2.92. The van der Waals surface area contributed by atoms with Gasteiger partial charge in [0.25, 0.3) is 0 Å². The average Bonchev–Trinajstić information content (AvgIpc) is 3.08. The maximum absolute atomic E-state index is 13.4. The van der Waals surface area contributed by atoms with Crippen LogP contribution >= 0.6 is 0 Å². The Morgan fingerprint density at radius 3 is 2.54 bits per heavy atom. The zero-order chi connectivity index (χ0) is 27.5. The Kier molecular flexibility index (Phi) is 5.08. The minimum absolute atomic E-state index is 0.101. The van der Waals surface area contributed by atoms with E-state index in [0.717, 1.165) is 49.4 Å². The standard InChI is InChI=1S/C29H37N5O5/c1-27(2,3)39-26(38)33-12-10-32(11-13-33)16-29-15-28(14-18(29)23(28)29)17-6-5-7-19-22(17)31(4)25(37)34(19)20-8-9-21(35)30-24(20)36/h5-7,18,20,23H,8-16H2,1-4H3,(H,30,35,36)/t18?,20?,23?,28-,29+/m1/s1. The highest BCUT2D eigenvalue weighted by Gasteiger charge is 2.89. The summed E-state index contributed by atoms with van der Waals surface area (Å²) in [5, 5.41) is 2.40.